The molecule has 0 saturated heterocycles. The van der Waals surface area contributed by atoms with E-state index in [2.05, 4.69) is 46.9 Å². The molecule has 3 aromatic rings. The summed E-state index contributed by atoms with van der Waals surface area (Å²) in [4.78, 5) is 12.7. The van der Waals surface area contributed by atoms with Crippen molar-refractivity contribution >= 4 is 35.0 Å². The number of hydrogen-bond acceptors (Lipinski definition) is 6. The van der Waals surface area contributed by atoms with Gasteiger partial charge in [-0.3, -0.25) is 15.5 Å². The highest BCUT2D eigenvalue weighted by molar-refractivity contribution is 7.98. The highest BCUT2D eigenvalue weighted by atomic mass is 32.2. The van der Waals surface area contributed by atoms with Gasteiger partial charge in [0.25, 0.3) is 5.91 Å². The van der Waals surface area contributed by atoms with Crippen LogP contribution >= 0.6 is 24.0 Å². The lowest BCUT2D eigenvalue weighted by molar-refractivity contribution is 0.0977. The van der Waals surface area contributed by atoms with Crippen molar-refractivity contribution in [3.05, 3.63) is 71.5 Å². The highest BCUT2D eigenvalue weighted by Crippen LogP contribution is 2.21. The first-order valence-corrected chi connectivity index (χ1v) is 11.8. The van der Waals surface area contributed by atoms with Gasteiger partial charge in [-0.25, -0.2) is 4.68 Å². The Hall–Kier alpha value is -2.91. The molecule has 0 radical (unpaired) electrons. The Morgan fingerprint density at radius 3 is 2.66 bits per heavy atom. The maximum atomic E-state index is 12.7. The number of benzene rings is 2. The van der Waals surface area contributed by atoms with Crippen molar-refractivity contribution in [3.63, 3.8) is 0 Å². The van der Waals surface area contributed by atoms with Crippen LogP contribution in [0.2, 0.25) is 0 Å². The minimum absolute atomic E-state index is 0.166. The molecule has 0 fully saturated rings. The van der Waals surface area contributed by atoms with E-state index in [1.807, 2.05) is 31.2 Å². The Morgan fingerprint density at radius 1 is 1.16 bits per heavy atom. The van der Waals surface area contributed by atoms with Gasteiger partial charge in [0.1, 0.15) is 5.75 Å². The predicted molar refractivity (Wildman–Crippen MR) is 132 cm³/mol. The average Bonchev–Trinajstić information content (AvgIpc) is 3.18. The van der Waals surface area contributed by atoms with Gasteiger partial charge >= 0.3 is 0 Å². The van der Waals surface area contributed by atoms with Crippen LogP contribution in [0.1, 0.15) is 42.5 Å². The van der Waals surface area contributed by atoms with Crippen LogP contribution in [0, 0.1) is 5.92 Å². The molecule has 1 heterocycles. The van der Waals surface area contributed by atoms with E-state index < -0.39 is 0 Å². The molecule has 0 atom stereocenters. The molecule has 2 N–H and O–H groups in total. The molecular formula is C23H27N5O2S2. The van der Waals surface area contributed by atoms with Crippen LogP contribution in [0.4, 0.5) is 0 Å². The van der Waals surface area contributed by atoms with Crippen molar-refractivity contribution in [2.75, 3.05) is 12.0 Å². The first-order valence-electron chi connectivity index (χ1n) is 10.4. The number of hydrogen-bond donors (Lipinski definition) is 2. The molecule has 7 nitrogen and oxygen atoms in total. The molecule has 0 saturated carbocycles. The van der Waals surface area contributed by atoms with E-state index >= 15 is 0 Å². The lowest BCUT2D eigenvalue weighted by Gasteiger charge is -2.14. The molecule has 0 aliphatic carbocycles. The van der Waals surface area contributed by atoms with Crippen LogP contribution in [0.15, 0.2) is 59.8 Å². The van der Waals surface area contributed by atoms with Gasteiger partial charge in [0.15, 0.2) is 10.9 Å². The number of aromatic nitrogens is 3. The van der Waals surface area contributed by atoms with Crippen LogP contribution in [0.5, 0.6) is 5.75 Å². The van der Waals surface area contributed by atoms with Gasteiger partial charge < -0.3 is 4.74 Å². The maximum absolute atomic E-state index is 12.7. The van der Waals surface area contributed by atoms with E-state index in [1.165, 1.54) is 5.56 Å². The van der Waals surface area contributed by atoms with Gasteiger partial charge in [0.05, 0.1) is 6.61 Å². The molecule has 2 aromatic carbocycles. The summed E-state index contributed by atoms with van der Waals surface area (Å²) in [6.45, 7) is 6.71. The van der Waals surface area contributed by atoms with Crippen molar-refractivity contribution in [3.8, 4) is 5.75 Å². The number of rotatable bonds is 9. The number of nitrogens with one attached hydrogen (secondary N) is 2. The Morgan fingerprint density at radius 2 is 1.94 bits per heavy atom. The third kappa shape index (κ3) is 6.80. The summed E-state index contributed by atoms with van der Waals surface area (Å²) >= 11 is 6.92. The molecule has 3 rings (SSSR count). The predicted octanol–water partition coefficient (Wildman–Crippen LogP) is 4.43. The molecule has 168 valence electrons. The van der Waals surface area contributed by atoms with Gasteiger partial charge in [0.2, 0.25) is 5.16 Å². The topological polar surface area (TPSA) is 81.1 Å². The normalized spacial score (nSPS) is 10.8. The van der Waals surface area contributed by atoms with Gasteiger partial charge in [-0.05, 0) is 41.9 Å². The highest BCUT2D eigenvalue weighted by Gasteiger charge is 2.15. The van der Waals surface area contributed by atoms with E-state index in [4.69, 9.17) is 17.0 Å². The number of carbonyl (C=O) groups excluding carboxylic acids is 1. The van der Waals surface area contributed by atoms with Crippen molar-refractivity contribution < 1.29 is 9.53 Å². The van der Waals surface area contributed by atoms with Crippen molar-refractivity contribution in [1.82, 2.24) is 20.2 Å². The molecule has 0 unspecified atom stereocenters. The van der Waals surface area contributed by atoms with Gasteiger partial charge in [0, 0.05) is 17.7 Å². The SMILES string of the molecule is CCc1nnc(SCc2ccccc2)n1NC(=S)NC(=O)c1cccc(OCC(C)C)c1. The van der Waals surface area contributed by atoms with Crippen LogP contribution in [0.3, 0.4) is 0 Å². The number of ether oxygens (including phenoxy) is 1. The Kier molecular flexibility index (Phi) is 8.64. The fourth-order valence-corrected chi connectivity index (χ4v) is 3.80. The smallest absolute Gasteiger partial charge is 0.257 e. The number of amides is 1. The molecule has 0 bridgehead atoms. The van der Waals surface area contributed by atoms with Crippen LogP contribution in [0.25, 0.3) is 0 Å². The Bertz CT molecular complexity index is 1050. The van der Waals surface area contributed by atoms with Crippen LogP contribution in [-0.4, -0.2) is 32.5 Å². The fourth-order valence-electron chi connectivity index (χ4n) is 2.75. The summed E-state index contributed by atoms with van der Waals surface area (Å²) < 4.78 is 7.43. The van der Waals surface area contributed by atoms with Crippen molar-refractivity contribution in [2.24, 2.45) is 5.92 Å². The second kappa shape index (κ2) is 11.6. The Balaban J connectivity index is 1.63. The molecule has 0 aliphatic rings. The fraction of sp³-hybridized carbons (Fsp3) is 0.304. The van der Waals surface area contributed by atoms with E-state index in [9.17, 15) is 4.79 Å². The van der Waals surface area contributed by atoms with E-state index in [0.29, 0.717) is 35.4 Å². The van der Waals surface area contributed by atoms with Gasteiger partial charge in [-0.2, -0.15) is 0 Å². The molecule has 0 aliphatic heterocycles. The molecule has 9 heteroatoms. The zero-order valence-electron chi connectivity index (χ0n) is 18.4. The number of thiocarbonyl (C=S) groups is 1. The molecule has 0 spiro atoms. The summed E-state index contributed by atoms with van der Waals surface area (Å²) in [7, 11) is 0. The van der Waals surface area contributed by atoms with E-state index in [-0.39, 0.29) is 11.0 Å². The first kappa shape index (κ1) is 23.7. The molecule has 1 aromatic heterocycles. The zero-order valence-corrected chi connectivity index (χ0v) is 20.0. The summed E-state index contributed by atoms with van der Waals surface area (Å²) in [6, 6.07) is 17.2. The largest absolute Gasteiger partial charge is 0.493 e. The quantitative estimate of drug-likeness (QED) is 0.354. The summed E-state index contributed by atoms with van der Waals surface area (Å²) in [6.07, 6.45) is 0.664. The zero-order chi connectivity index (χ0) is 22.9. The van der Waals surface area contributed by atoms with Crippen LogP contribution < -0.4 is 15.5 Å². The minimum atomic E-state index is -0.317. The minimum Gasteiger partial charge on any atom is -0.493 e. The number of nitrogens with zero attached hydrogens (tertiary/aromatic N) is 3. The van der Waals surface area contributed by atoms with E-state index in [0.717, 1.165) is 11.6 Å². The molecule has 1 amide bonds. The molecular weight excluding hydrogens is 442 g/mol. The van der Waals surface area contributed by atoms with Gasteiger partial charge in [-0.15, -0.1) is 10.2 Å². The third-order valence-electron chi connectivity index (χ3n) is 4.35. The number of thioether (sulfide) groups is 1. The lowest BCUT2D eigenvalue weighted by atomic mass is 10.2. The second-order valence-corrected chi connectivity index (χ2v) is 8.84. The summed E-state index contributed by atoms with van der Waals surface area (Å²) in [5, 5.41) is 12.0. The maximum Gasteiger partial charge on any atom is 0.257 e. The lowest BCUT2D eigenvalue weighted by Crippen LogP contribution is -2.38. The molecule has 32 heavy (non-hydrogen) atoms. The van der Waals surface area contributed by atoms with Gasteiger partial charge in [-0.1, -0.05) is 68.9 Å². The number of aryl methyl sites for hydroxylation is 1. The Labute approximate surface area is 197 Å². The van der Waals surface area contributed by atoms with E-state index in [1.54, 1.807) is 34.6 Å². The van der Waals surface area contributed by atoms with Crippen molar-refractivity contribution in [2.45, 2.75) is 38.1 Å². The van der Waals surface area contributed by atoms with Crippen molar-refractivity contribution in [1.29, 1.82) is 0 Å². The standard InChI is InChI=1S/C23H27N5O2S2/c1-4-20-25-26-23(32-15-17-9-6-5-7-10-17)28(20)27-22(31)24-21(29)18-11-8-12-19(13-18)30-14-16(2)3/h5-13,16H,4,14-15H2,1-3H3,(H2,24,27,29,31). The summed E-state index contributed by atoms with van der Waals surface area (Å²) in [5.74, 6) is 2.20. The third-order valence-corrected chi connectivity index (χ3v) is 5.54. The monoisotopic (exact) mass is 469 g/mol. The second-order valence-electron chi connectivity index (χ2n) is 7.49. The average molecular weight is 470 g/mol. The summed E-state index contributed by atoms with van der Waals surface area (Å²) in [5.41, 5.74) is 4.69. The van der Waals surface area contributed by atoms with Crippen LogP contribution in [-0.2, 0) is 12.2 Å². The number of carbonyl (C=O) groups is 1. The first-order chi connectivity index (χ1) is 15.5.